The Morgan fingerprint density at radius 3 is 2.85 bits per heavy atom. The molecule has 6 heteroatoms. The van der Waals surface area contributed by atoms with Gasteiger partial charge in [-0.05, 0) is 37.0 Å². The first-order valence-corrected chi connectivity index (χ1v) is 9.97. The van der Waals surface area contributed by atoms with Crippen LogP contribution in [0.4, 0.5) is 4.39 Å². The van der Waals surface area contributed by atoms with Gasteiger partial charge in [0.05, 0.1) is 13.2 Å². The molecule has 148 valence electrons. The standard InChI is InChI=1S/C21H30FN3O2/c1-23-20(25(2)13-14-6-7-17(26-3)16(22)12-14)24-18-15-8-11-27-19(15)21(18)9-4-5-10-21/h6-7,12,15,18-19H,4-5,8-11,13H2,1-3H3,(H,23,24). The zero-order chi connectivity index (χ0) is 19.0. The van der Waals surface area contributed by atoms with Gasteiger partial charge in [-0.15, -0.1) is 0 Å². The van der Waals surface area contributed by atoms with Crippen molar-refractivity contribution in [3.05, 3.63) is 29.6 Å². The number of halogens is 1. The second-order valence-corrected chi connectivity index (χ2v) is 8.18. The lowest BCUT2D eigenvalue weighted by molar-refractivity contribution is -0.125. The number of methoxy groups -OCH3 is 1. The smallest absolute Gasteiger partial charge is 0.193 e. The van der Waals surface area contributed by atoms with Crippen molar-refractivity contribution in [2.45, 2.75) is 50.8 Å². The zero-order valence-electron chi connectivity index (χ0n) is 16.5. The van der Waals surface area contributed by atoms with E-state index in [0.717, 1.165) is 24.6 Å². The maximum absolute atomic E-state index is 14.0. The molecule has 0 aromatic heterocycles. The van der Waals surface area contributed by atoms with E-state index >= 15 is 0 Å². The van der Waals surface area contributed by atoms with Crippen LogP contribution < -0.4 is 10.1 Å². The second kappa shape index (κ2) is 7.30. The largest absolute Gasteiger partial charge is 0.494 e. The highest BCUT2D eigenvalue weighted by atomic mass is 19.1. The average molecular weight is 375 g/mol. The molecule has 2 aliphatic carbocycles. The SMILES string of the molecule is CN=C(NC1C2CCOC2C12CCCC2)N(C)Cc1ccc(OC)c(F)c1. The predicted molar refractivity (Wildman–Crippen MR) is 103 cm³/mol. The van der Waals surface area contributed by atoms with Crippen LogP contribution >= 0.6 is 0 Å². The molecular formula is C21H30FN3O2. The van der Waals surface area contributed by atoms with Gasteiger partial charge in [0.25, 0.3) is 0 Å². The van der Waals surface area contributed by atoms with Crippen molar-refractivity contribution < 1.29 is 13.9 Å². The number of guanidine groups is 1. The summed E-state index contributed by atoms with van der Waals surface area (Å²) < 4.78 is 25.1. The first-order valence-electron chi connectivity index (χ1n) is 9.97. The van der Waals surface area contributed by atoms with Crippen molar-refractivity contribution in [3.8, 4) is 5.75 Å². The number of ether oxygens (including phenoxy) is 2. The lowest BCUT2D eigenvalue weighted by atomic mass is 9.54. The summed E-state index contributed by atoms with van der Waals surface area (Å²) in [5.74, 6) is 1.40. The number of hydrogen-bond donors (Lipinski definition) is 1. The van der Waals surface area contributed by atoms with Crippen LogP contribution in [0.25, 0.3) is 0 Å². The molecule has 1 aliphatic heterocycles. The Labute approximate surface area is 160 Å². The van der Waals surface area contributed by atoms with Gasteiger partial charge in [-0.25, -0.2) is 4.39 Å². The van der Waals surface area contributed by atoms with Gasteiger partial charge in [0.2, 0.25) is 0 Å². The third-order valence-corrected chi connectivity index (χ3v) is 6.78. The highest BCUT2D eigenvalue weighted by Gasteiger charge is 2.65. The summed E-state index contributed by atoms with van der Waals surface area (Å²) in [6, 6.07) is 5.54. The molecule has 3 fully saturated rings. The number of hydrogen-bond acceptors (Lipinski definition) is 3. The van der Waals surface area contributed by atoms with E-state index in [1.54, 1.807) is 6.07 Å². The van der Waals surface area contributed by atoms with Crippen LogP contribution in [0, 0.1) is 17.2 Å². The van der Waals surface area contributed by atoms with E-state index in [-0.39, 0.29) is 17.0 Å². The molecule has 1 spiro atoms. The predicted octanol–water partition coefficient (Wildman–Crippen LogP) is 3.19. The lowest BCUT2D eigenvalue weighted by Crippen LogP contribution is -2.69. The summed E-state index contributed by atoms with van der Waals surface area (Å²) in [4.78, 5) is 6.57. The maximum Gasteiger partial charge on any atom is 0.193 e. The minimum atomic E-state index is -0.332. The Morgan fingerprint density at radius 1 is 1.41 bits per heavy atom. The second-order valence-electron chi connectivity index (χ2n) is 8.18. The monoisotopic (exact) mass is 375 g/mol. The first kappa shape index (κ1) is 18.5. The van der Waals surface area contributed by atoms with Crippen LogP contribution in [0.5, 0.6) is 5.75 Å². The summed E-state index contributed by atoms with van der Waals surface area (Å²) >= 11 is 0. The first-order chi connectivity index (χ1) is 13.1. The van der Waals surface area contributed by atoms with Gasteiger partial charge in [0, 0.05) is 44.6 Å². The molecule has 3 unspecified atom stereocenters. The van der Waals surface area contributed by atoms with E-state index in [1.165, 1.54) is 38.9 Å². The van der Waals surface area contributed by atoms with Gasteiger partial charge in [0.1, 0.15) is 0 Å². The minimum absolute atomic E-state index is 0.272. The Balaban J connectivity index is 1.45. The molecule has 3 aliphatic rings. The topological polar surface area (TPSA) is 46.1 Å². The van der Waals surface area contributed by atoms with Crippen molar-refractivity contribution in [2.75, 3.05) is 27.8 Å². The van der Waals surface area contributed by atoms with Crippen molar-refractivity contribution in [3.63, 3.8) is 0 Å². The number of benzene rings is 1. The fourth-order valence-corrected chi connectivity index (χ4v) is 5.55. The summed E-state index contributed by atoms with van der Waals surface area (Å²) in [5, 5.41) is 3.74. The molecule has 5 nitrogen and oxygen atoms in total. The third-order valence-electron chi connectivity index (χ3n) is 6.78. The molecule has 2 saturated carbocycles. The van der Waals surface area contributed by atoms with E-state index in [9.17, 15) is 4.39 Å². The summed E-state index contributed by atoms with van der Waals surface area (Å²) in [7, 11) is 5.30. The van der Waals surface area contributed by atoms with Crippen LogP contribution in [0.1, 0.15) is 37.7 Å². The number of nitrogens with zero attached hydrogens (tertiary/aromatic N) is 2. The van der Waals surface area contributed by atoms with E-state index < -0.39 is 0 Å². The molecule has 1 saturated heterocycles. The van der Waals surface area contributed by atoms with Crippen molar-refractivity contribution in [1.82, 2.24) is 10.2 Å². The molecular weight excluding hydrogens is 345 g/mol. The molecule has 0 bridgehead atoms. The number of aliphatic imine (C=N–C) groups is 1. The van der Waals surface area contributed by atoms with Crippen molar-refractivity contribution >= 4 is 5.96 Å². The number of rotatable bonds is 4. The van der Waals surface area contributed by atoms with E-state index in [0.29, 0.717) is 24.6 Å². The number of nitrogens with one attached hydrogen (secondary N) is 1. The molecule has 1 heterocycles. The van der Waals surface area contributed by atoms with Crippen LogP contribution in [0.2, 0.25) is 0 Å². The Hall–Kier alpha value is -1.82. The van der Waals surface area contributed by atoms with Gasteiger partial charge in [-0.1, -0.05) is 18.9 Å². The Morgan fingerprint density at radius 2 is 2.19 bits per heavy atom. The molecule has 0 radical (unpaired) electrons. The highest BCUT2D eigenvalue weighted by molar-refractivity contribution is 5.80. The summed E-state index contributed by atoms with van der Waals surface area (Å²) in [6.07, 6.45) is 6.65. The maximum atomic E-state index is 14.0. The lowest BCUT2D eigenvalue weighted by Gasteiger charge is -2.57. The Kier molecular flexibility index (Phi) is 5.01. The molecule has 1 aromatic carbocycles. The average Bonchev–Trinajstić information content (AvgIpc) is 3.31. The van der Waals surface area contributed by atoms with Gasteiger partial charge in [-0.2, -0.15) is 0 Å². The Bertz CT molecular complexity index is 717. The molecule has 3 atom stereocenters. The highest BCUT2D eigenvalue weighted by Crippen LogP contribution is 2.60. The normalized spacial score (nSPS) is 28.7. The van der Waals surface area contributed by atoms with E-state index in [1.807, 2.05) is 20.2 Å². The summed E-state index contributed by atoms with van der Waals surface area (Å²) in [5.41, 5.74) is 1.18. The van der Waals surface area contributed by atoms with Gasteiger partial charge in [-0.3, -0.25) is 4.99 Å². The fraction of sp³-hybridized carbons (Fsp3) is 0.667. The van der Waals surface area contributed by atoms with E-state index in [2.05, 4.69) is 15.2 Å². The molecule has 4 rings (SSSR count). The fourth-order valence-electron chi connectivity index (χ4n) is 5.55. The van der Waals surface area contributed by atoms with Crippen LogP contribution in [0.3, 0.4) is 0 Å². The molecule has 1 N–H and O–H groups in total. The van der Waals surface area contributed by atoms with Crippen molar-refractivity contribution in [1.29, 1.82) is 0 Å². The minimum Gasteiger partial charge on any atom is -0.494 e. The zero-order valence-corrected chi connectivity index (χ0v) is 16.5. The van der Waals surface area contributed by atoms with Crippen LogP contribution in [0.15, 0.2) is 23.2 Å². The molecule has 27 heavy (non-hydrogen) atoms. The quantitative estimate of drug-likeness (QED) is 0.649. The molecule has 1 aromatic rings. The van der Waals surface area contributed by atoms with Gasteiger partial charge < -0.3 is 19.7 Å². The third kappa shape index (κ3) is 3.08. The van der Waals surface area contributed by atoms with E-state index in [4.69, 9.17) is 9.47 Å². The van der Waals surface area contributed by atoms with Crippen molar-refractivity contribution in [2.24, 2.45) is 16.3 Å². The number of fused-ring (bicyclic) bond motifs is 2. The summed E-state index contributed by atoms with van der Waals surface area (Å²) in [6.45, 7) is 1.47. The van der Waals surface area contributed by atoms with Crippen LogP contribution in [-0.4, -0.2) is 50.8 Å². The van der Waals surface area contributed by atoms with Crippen LogP contribution in [-0.2, 0) is 11.3 Å². The molecule has 0 amide bonds. The van der Waals surface area contributed by atoms with Gasteiger partial charge in [0.15, 0.2) is 17.5 Å². The van der Waals surface area contributed by atoms with Gasteiger partial charge >= 0.3 is 0 Å².